The minimum Gasteiger partial charge on any atom is -0.248 e. The molecule has 2 atom stereocenters. The first-order valence-corrected chi connectivity index (χ1v) is 11.8. The Bertz CT molecular complexity index is 612. The number of rotatable bonds is 15. The Labute approximate surface area is 180 Å². The zero-order valence-electron chi connectivity index (χ0n) is 19.7. The van der Waals surface area contributed by atoms with Crippen molar-refractivity contribution in [1.82, 2.24) is 0 Å². The first-order chi connectivity index (χ1) is 13.9. The highest BCUT2D eigenvalue weighted by Crippen LogP contribution is 2.36. The van der Waals surface area contributed by atoms with Gasteiger partial charge in [0, 0.05) is 12.3 Å². The van der Waals surface area contributed by atoms with E-state index in [2.05, 4.69) is 65.0 Å². The summed E-state index contributed by atoms with van der Waals surface area (Å²) in [5, 5.41) is 0. The van der Waals surface area contributed by atoms with Gasteiger partial charge in [0.05, 0.1) is 6.17 Å². The van der Waals surface area contributed by atoms with Crippen molar-refractivity contribution in [1.29, 1.82) is 0 Å². The van der Waals surface area contributed by atoms with Gasteiger partial charge in [0.2, 0.25) is 0 Å². The van der Waals surface area contributed by atoms with Crippen molar-refractivity contribution >= 4 is 0 Å². The molecule has 0 aromatic heterocycles. The van der Waals surface area contributed by atoms with Crippen LogP contribution in [0.2, 0.25) is 0 Å². The van der Waals surface area contributed by atoms with Gasteiger partial charge in [-0.1, -0.05) is 85.8 Å². The lowest BCUT2D eigenvalue weighted by molar-refractivity contribution is 0.332. The van der Waals surface area contributed by atoms with Crippen LogP contribution in [0, 0.1) is 12.3 Å². The first-order valence-electron chi connectivity index (χ1n) is 11.8. The average molecular weight is 400 g/mol. The van der Waals surface area contributed by atoms with Crippen molar-refractivity contribution in [2.75, 3.05) is 0 Å². The van der Waals surface area contributed by atoms with Crippen LogP contribution in [0.15, 0.2) is 58.7 Å². The summed E-state index contributed by atoms with van der Waals surface area (Å²) < 4.78 is 12.9. The topological polar surface area (TPSA) is 0 Å². The molecule has 0 spiro atoms. The number of halogens is 1. The first kappa shape index (κ1) is 25.7. The van der Waals surface area contributed by atoms with E-state index in [-0.39, 0.29) is 0 Å². The molecule has 1 aliphatic rings. The highest BCUT2D eigenvalue weighted by Gasteiger charge is 2.21. The van der Waals surface area contributed by atoms with E-state index in [1.54, 1.807) is 6.92 Å². The second-order valence-electron chi connectivity index (χ2n) is 8.73. The third-order valence-corrected chi connectivity index (χ3v) is 6.00. The molecule has 0 saturated heterocycles. The fourth-order valence-electron chi connectivity index (χ4n) is 3.87. The fourth-order valence-corrected chi connectivity index (χ4v) is 3.87. The summed E-state index contributed by atoms with van der Waals surface area (Å²) in [7, 11) is 0. The lowest BCUT2D eigenvalue weighted by Crippen LogP contribution is -2.08. The molecule has 163 valence electrons. The van der Waals surface area contributed by atoms with Crippen molar-refractivity contribution in [2.24, 2.45) is 5.92 Å². The van der Waals surface area contributed by atoms with Crippen LogP contribution in [-0.4, -0.2) is 6.17 Å². The third kappa shape index (κ3) is 10.3. The van der Waals surface area contributed by atoms with Crippen molar-refractivity contribution in [3.8, 4) is 0 Å². The van der Waals surface area contributed by atoms with E-state index >= 15 is 0 Å². The van der Waals surface area contributed by atoms with E-state index in [1.165, 1.54) is 60.0 Å². The highest BCUT2D eigenvalue weighted by atomic mass is 19.1. The molecule has 0 aromatic rings. The number of alkyl halides is 1. The summed E-state index contributed by atoms with van der Waals surface area (Å²) >= 11 is 0. The fraction of sp³-hybridized carbons (Fsp3) is 0.607. The molecule has 1 aliphatic carbocycles. The molecule has 0 fully saturated rings. The quantitative estimate of drug-likeness (QED) is 0.146. The summed E-state index contributed by atoms with van der Waals surface area (Å²) in [6.45, 7) is 14.9. The number of hydrogen-bond donors (Lipinski definition) is 0. The Morgan fingerprint density at radius 2 is 1.90 bits per heavy atom. The molecule has 0 heterocycles. The predicted molar refractivity (Wildman–Crippen MR) is 129 cm³/mol. The molecule has 1 unspecified atom stereocenters. The second kappa shape index (κ2) is 14.6. The maximum Gasteiger partial charge on any atom is 0.0973 e. The van der Waals surface area contributed by atoms with Crippen LogP contribution in [0.4, 0.5) is 4.39 Å². The summed E-state index contributed by atoms with van der Waals surface area (Å²) in [6.07, 6.45) is 22.1. The zero-order valence-corrected chi connectivity index (χ0v) is 19.7. The van der Waals surface area contributed by atoms with Crippen LogP contribution in [-0.2, 0) is 0 Å². The van der Waals surface area contributed by atoms with Gasteiger partial charge in [-0.25, -0.2) is 4.39 Å². The molecule has 1 heteroatoms. The van der Waals surface area contributed by atoms with E-state index in [1.807, 2.05) is 0 Å². The maximum atomic E-state index is 12.9. The lowest BCUT2D eigenvalue weighted by atomic mass is 9.82. The van der Waals surface area contributed by atoms with E-state index in [0.717, 1.165) is 25.7 Å². The van der Waals surface area contributed by atoms with E-state index in [9.17, 15) is 4.39 Å². The number of allylic oxidation sites excluding steroid dienone is 9. The van der Waals surface area contributed by atoms with Crippen LogP contribution in [0.25, 0.3) is 0 Å². The molecular weight excluding hydrogens is 355 g/mol. The van der Waals surface area contributed by atoms with Gasteiger partial charge in [-0.2, -0.15) is 0 Å². The van der Waals surface area contributed by atoms with Crippen molar-refractivity contribution in [3.05, 3.63) is 65.2 Å². The summed E-state index contributed by atoms with van der Waals surface area (Å²) in [6, 6.07) is 0. The van der Waals surface area contributed by atoms with E-state index in [0.29, 0.717) is 12.3 Å². The molecule has 0 bridgehead atoms. The molecule has 0 amide bonds. The van der Waals surface area contributed by atoms with Gasteiger partial charge >= 0.3 is 0 Å². The van der Waals surface area contributed by atoms with Gasteiger partial charge in [0.15, 0.2) is 0 Å². The second-order valence-corrected chi connectivity index (χ2v) is 8.73. The summed E-state index contributed by atoms with van der Waals surface area (Å²) in [5.74, 6) is 0.345. The Kier molecular flexibility index (Phi) is 12.9. The van der Waals surface area contributed by atoms with Crippen LogP contribution in [0.5, 0.6) is 0 Å². The number of unbranched alkanes of at least 4 members (excludes halogenated alkanes) is 5. The normalized spacial score (nSPS) is 17.2. The standard InChI is InChI=1S/C28H44F/c1-7-9-10-14-17-26-18-19-27(21-26)28(25(6)23(4)8-2)20-22(3)15-12-11-13-16-24(5)29/h8,15,18-19,21,24,28H,6-7,9-14,16-17,20H2,1-5H3/b22-15+,23-8+/t24?,28-/m1/s1. The molecule has 0 N–H and O–H groups in total. The molecule has 29 heavy (non-hydrogen) atoms. The van der Waals surface area contributed by atoms with Crippen LogP contribution in [0.3, 0.4) is 0 Å². The third-order valence-electron chi connectivity index (χ3n) is 6.00. The molecule has 0 saturated carbocycles. The van der Waals surface area contributed by atoms with Crippen molar-refractivity contribution < 1.29 is 4.39 Å². The Morgan fingerprint density at radius 1 is 1.14 bits per heavy atom. The smallest absolute Gasteiger partial charge is 0.0973 e. The molecule has 0 aromatic carbocycles. The molecular formula is C28H44F. The average Bonchev–Trinajstić information content (AvgIpc) is 3.16. The zero-order chi connectivity index (χ0) is 21.6. The Balaban J connectivity index is 2.71. The van der Waals surface area contributed by atoms with Gasteiger partial charge in [-0.05, 0) is 71.8 Å². The Morgan fingerprint density at radius 3 is 2.55 bits per heavy atom. The van der Waals surface area contributed by atoms with Crippen molar-refractivity contribution in [2.45, 2.75) is 105 Å². The molecule has 1 radical (unpaired) electrons. The van der Waals surface area contributed by atoms with Gasteiger partial charge in [-0.15, -0.1) is 0 Å². The van der Waals surface area contributed by atoms with Gasteiger partial charge < -0.3 is 0 Å². The molecule has 0 nitrogen and oxygen atoms in total. The monoisotopic (exact) mass is 399 g/mol. The predicted octanol–water partition coefficient (Wildman–Crippen LogP) is 9.42. The largest absolute Gasteiger partial charge is 0.248 e. The van der Waals surface area contributed by atoms with E-state index in [4.69, 9.17) is 0 Å². The molecule has 0 aliphatic heterocycles. The summed E-state index contributed by atoms with van der Waals surface area (Å²) in [5.41, 5.74) is 6.80. The Hall–Kier alpha value is -1.37. The van der Waals surface area contributed by atoms with Gasteiger partial charge in [0.1, 0.15) is 0 Å². The van der Waals surface area contributed by atoms with Gasteiger partial charge in [-0.3, -0.25) is 0 Å². The molecule has 1 rings (SSSR count). The van der Waals surface area contributed by atoms with Crippen molar-refractivity contribution in [3.63, 3.8) is 0 Å². The van der Waals surface area contributed by atoms with Crippen LogP contribution < -0.4 is 0 Å². The van der Waals surface area contributed by atoms with Crippen LogP contribution in [0.1, 0.15) is 98.8 Å². The van der Waals surface area contributed by atoms with Gasteiger partial charge in [0.25, 0.3) is 0 Å². The SMILES string of the molecule is C=C(/C(C)=C/C)[C@@H](C/C(C)=C/CCCCC(C)F)C1=CC(CCCCCC)=C[CH]1. The highest BCUT2D eigenvalue weighted by molar-refractivity contribution is 5.48. The summed E-state index contributed by atoms with van der Waals surface area (Å²) in [4.78, 5) is 0. The minimum absolute atomic E-state index is 0.345. The minimum atomic E-state index is -0.676. The van der Waals surface area contributed by atoms with E-state index < -0.39 is 6.17 Å². The maximum absolute atomic E-state index is 12.9. The van der Waals surface area contributed by atoms with Crippen LogP contribution >= 0.6 is 0 Å². The lowest BCUT2D eigenvalue weighted by Gasteiger charge is -2.22. The number of hydrogen-bond acceptors (Lipinski definition) is 0.